The first-order valence-electron chi connectivity index (χ1n) is 7.99. The Morgan fingerprint density at radius 3 is 2.35 bits per heavy atom. The Morgan fingerprint density at radius 1 is 1.05 bits per heavy atom. The van der Waals surface area contributed by atoms with Gasteiger partial charge in [-0.3, -0.25) is 0 Å². The normalized spacial score (nSPS) is 12.3. The summed E-state index contributed by atoms with van der Waals surface area (Å²) < 4.78 is 13.5. The van der Waals surface area contributed by atoms with E-state index in [1.807, 2.05) is 6.07 Å². The molecule has 2 nitrogen and oxygen atoms in total. The number of rotatable bonds is 11. The summed E-state index contributed by atoms with van der Waals surface area (Å²) in [5, 5.41) is 3.21. The molecule has 0 aliphatic carbocycles. The summed E-state index contributed by atoms with van der Waals surface area (Å²) >= 11 is 0. The summed E-state index contributed by atoms with van der Waals surface area (Å²) in [6.07, 6.45) is 10.1. The van der Waals surface area contributed by atoms with Crippen LogP contribution in [0.1, 0.15) is 58.3 Å². The highest BCUT2D eigenvalue weighted by atomic mass is 19.1. The van der Waals surface area contributed by atoms with E-state index in [-0.39, 0.29) is 11.9 Å². The van der Waals surface area contributed by atoms with Gasteiger partial charge in [-0.2, -0.15) is 0 Å². The van der Waals surface area contributed by atoms with E-state index in [0.717, 1.165) is 12.8 Å². The van der Waals surface area contributed by atoms with Gasteiger partial charge in [0, 0.05) is 12.6 Å². The van der Waals surface area contributed by atoms with Crippen LogP contribution in [-0.4, -0.2) is 12.6 Å². The Morgan fingerprint density at radius 2 is 1.70 bits per heavy atom. The summed E-state index contributed by atoms with van der Waals surface area (Å²) in [4.78, 5) is 0. The van der Waals surface area contributed by atoms with Gasteiger partial charge in [-0.15, -0.1) is 0 Å². The fraction of sp³-hybridized carbons (Fsp3) is 0.647. The van der Waals surface area contributed by atoms with Crippen molar-refractivity contribution in [2.24, 2.45) is 5.73 Å². The summed E-state index contributed by atoms with van der Waals surface area (Å²) in [5.41, 5.74) is 6.33. The van der Waals surface area contributed by atoms with Crippen LogP contribution < -0.4 is 11.1 Å². The molecule has 0 fully saturated rings. The van der Waals surface area contributed by atoms with E-state index in [9.17, 15) is 4.39 Å². The van der Waals surface area contributed by atoms with Crippen LogP contribution in [-0.2, 0) is 0 Å². The molecule has 0 saturated carbocycles. The van der Waals surface area contributed by atoms with Crippen molar-refractivity contribution in [2.75, 3.05) is 11.9 Å². The highest BCUT2D eigenvalue weighted by Gasteiger charge is 2.08. The third-order valence-corrected chi connectivity index (χ3v) is 3.67. The van der Waals surface area contributed by atoms with Gasteiger partial charge >= 0.3 is 0 Å². The molecule has 20 heavy (non-hydrogen) atoms. The number of para-hydroxylation sites is 1. The Hall–Kier alpha value is -1.09. The minimum Gasteiger partial charge on any atom is -0.379 e. The van der Waals surface area contributed by atoms with Crippen LogP contribution in [0.5, 0.6) is 0 Å². The van der Waals surface area contributed by atoms with E-state index < -0.39 is 0 Å². The molecule has 0 saturated heterocycles. The van der Waals surface area contributed by atoms with E-state index in [0.29, 0.717) is 12.2 Å². The monoisotopic (exact) mass is 280 g/mol. The number of unbranched alkanes of at least 4 members (excludes halogenated alkanes) is 6. The zero-order valence-corrected chi connectivity index (χ0v) is 12.7. The van der Waals surface area contributed by atoms with Crippen molar-refractivity contribution in [1.29, 1.82) is 0 Å². The summed E-state index contributed by atoms with van der Waals surface area (Å²) in [6, 6.07) is 6.95. The van der Waals surface area contributed by atoms with Crippen molar-refractivity contribution in [3.8, 4) is 0 Å². The number of hydrogen-bond acceptors (Lipinski definition) is 2. The Bertz CT molecular complexity index is 355. The third kappa shape index (κ3) is 6.90. The molecule has 0 amide bonds. The van der Waals surface area contributed by atoms with Crippen LogP contribution >= 0.6 is 0 Å². The topological polar surface area (TPSA) is 38.0 Å². The minimum atomic E-state index is -0.203. The maximum Gasteiger partial charge on any atom is 0.146 e. The van der Waals surface area contributed by atoms with Crippen LogP contribution in [0.2, 0.25) is 0 Å². The molecule has 0 heterocycles. The standard InChI is InChI=1S/C17H29FN2/c1-2-3-4-5-6-7-8-11-15(14-19)20-17-13-10-9-12-16(17)18/h9-10,12-13,15,20H,2-8,11,14,19H2,1H3. The molecule has 3 heteroatoms. The second kappa shape index (κ2) is 10.7. The number of nitrogens with one attached hydrogen (secondary N) is 1. The van der Waals surface area contributed by atoms with Crippen molar-refractivity contribution in [1.82, 2.24) is 0 Å². The Labute approximate surface area is 123 Å². The molecule has 1 unspecified atom stereocenters. The van der Waals surface area contributed by atoms with Crippen molar-refractivity contribution < 1.29 is 4.39 Å². The lowest BCUT2D eigenvalue weighted by atomic mass is 10.0. The number of halogens is 1. The van der Waals surface area contributed by atoms with Gasteiger partial charge in [-0.1, -0.05) is 64.0 Å². The number of nitrogens with two attached hydrogens (primary N) is 1. The predicted octanol–water partition coefficient (Wildman–Crippen LogP) is 4.71. The van der Waals surface area contributed by atoms with Gasteiger partial charge in [0.1, 0.15) is 5.82 Å². The van der Waals surface area contributed by atoms with Gasteiger partial charge in [-0.25, -0.2) is 4.39 Å². The number of hydrogen-bond donors (Lipinski definition) is 2. The van der Waals surface area contributed by atoms with Gasteiger partial charge in [0.05, 0.1) is 5.69 Å². The molecule has 1 aromatic rings. The molecule has 3 N–H and O–H groups in total. The maximum atomic E-state index is 13.5. The van der Waals surface area contributed by atoms with E-state index in [4.69, 9.17) is 5.73 Å². The summed E-state index contributed by atoms with van der Waals surface area (Å²) in [5.74, 6) is -0.203. The first kappa shape index (κ1) is 17.0. The number of benzene rings is 1. The van der Waals surface area contributed by atoms with Gasteiger partial charge in [-0.05, 0) is 18.6 Å². The molecule has 1 atom stereocenters. The van der Waals surface area contributed by atoms with Gasteiger partial charge in [0.15, 0.2) is 0 Å². The van der Waals surface area contributed by atoms with E-state index in [1.54, 1.807) is 12.1 Å². The Balaban J connectivity index is 2.18. The zero-order chi connectivity index (χ0) is 14.6. The van der Waals surface area contributed by atoms with Crippen molar-refractivity contribution in [2.45, 2.75) is 64.3 Å². The smallest absolute Gasteiger partial charge is 0.146 e. The van der Waals surface area contributed by atoms with E-state index in [2.05, 4.69) is 12.2 Å². The molecule has 0 aliphatic rings. The molecule has 0 spiro atoms. The van der Waals surface area contributed by atoms with Crippen LogP contribution in [0, 0.1) is 5.82 Å². The van der Waals surface area contributed by atoms with Crippen molar-refractivity contribution in [3.05, 3.63) is 30.1 Å². The second-order valence-corrected chi connectivity index (χ2v) is 5.47. The average molecular weight is 280 g/mol. The lowest BCUT2D eigenvalue weighted by Crippen LogP contribution is -2.29. The fourth-order valence-corrected chi connectivity index (χ4v) is 2.39. The zero-order valence-electron chi connectivity index (χ0n) is 12.7. The lowest BCUT2D eigenvalue weighted by Gasteiger charge is -2.18. The first-order chi connectivity index (χ1) is 9.77. The van der Waals surface area contributed by atoms with Crippen LogP contribution in [0.25, 0.3) is 0 Å². The van der Waals surface area contributed by atoms with Crippen LogP contribution in [0.4, 0.5) is 10.1 Å². The summed E-state index contributed by atoms with van der Waals surface area (Å²) in [6.45, 7) is 2.78. The fourth-order valence-electron chi connectivity index (χ4n) is 2.39. The predicted molar refractivity (Wildman–Crippen MR) is 85.5 cm³/mol. The molecule has 0 bridgehead atoms. The largest absolute Gasteiger partial charge is 0.379 e. The van der Waals surface area contributed by atoms with E-state index >= 15 is 0 Å². The Kier molecular flexibility index (Phi) is 9.05. The molecular weight excluding hydrogens is 251 g/mol. The van der Waals surface area contributed by atoms with Crippen molar-refractivity contribution in [3.63, 3.8) is 0 Å². The van der Waals surface area contributed by atoms with Crippen LogP contribution in [0.3, 0.4) is 0 Å². The second-order valence-electron chi connectivity index (χ2n) is 5.47. The number of anilines is 1. The van der Waals surface area contributed by atoms with Gasteiger partial charge in [0.2, 0.25) is 0 Å². The maximum absolute atomic E-state index is 13.5. The molecule has 114 valence electrons. The van der Waals surface area contributed by atoms with Crippen molar-refractivity contribution >= 4 is 5.69 Å². The van der Waals surface area contributed by atoms with Gasteiger partial charge in [0.25, 0.3) is 0 Å². The average Bonchev–Trinajstić information content (AvgIpc) is 2.47. The molecule has 0 radical (unpaired) electrons. The molecule has 0 aromatic heterocycles. The lowest BCUT2D eigenvalue weighted by molar-refractivity contribution is 0.545. The highest BCUT2D eigenvalue weighted by molar-refractivity contribution is 5.45. The summed E-state index contributed by atoms with van der Waals surface area (Å²) in [7, 11) is 0. The minimum absolute atomic E-state index is 0.169. The van der Waals surface area contributed by atoms with Gasteiger partial charge < -0.3 is 11.1 Å². The first-order valence-corrected chi connectivity index (χ1v) is 7.99. The molecule has 1 rings (SSSR count). The van der Waals surface area contributed by atoms with E-state index in [1.165, 1.54) is 44.6 Å². The quantitative estimate of drug-likeness (QED) is 0.576. The molecule has 1 aromatic carbocycles. The third-order valence-electron chi connectivity index (χ3n) is 3.67. The highest BCUT2D eigenvalue weighted by Crippen LogP contribution is 2.16. The van der Waals surface area contributed by atoms with Crippen LogP contribution in [0.15, 0.2) is 24.3 Å². The SMILES string of the molecule is CCCCCCCCCC(CN)Nc1ccccc1F. The molecular formula is C17H29FN2. The molecule has 0 aliphatic heterocycles.